The highest BCUT2D eigenvalue weighted by Gasteiger charge is 2.51. The molecular weight excluding hydrogens is 304 g/mol. The fourth-order valence-corrected chi connectivity index (χ4v) is 3.51. The van der Waals surface area contributed by atoms with Gasteiger partial charge in [0.25, 0.3) is 5.91 Å². The Kier molecular flexibility index (Phi) is 5.12. The van der Waals surface area contributed by atoms with E-state index >= 15 is 0 Å². The molecule has 0 aliphatic carbocycles. The smallest absolute Gasteiger partial charge is 0.264 e. The number of carbonyl (C=O) groups excluding carboxylic acids is 1. The van der Waals surface area contributed by atoms with Crippen molar-refractivity contribution in [1.82, 2.24) is 5.32 Å². The van der Waals surface area contributed by atoms with Gasteiger partial charge in [0.15, 0.2) is 5.60 Å². The van der Waals surface area contributed by atoms with Crippen molar-refractivity contribution in [3.63, 3.8) is 0 Å². The van der Waals surface area contributed by atoms with E-state index in [1.807, 2.05) is 18.2 Å². The van der Waals surface area contributed by atoms with E-state index in [-0.39, 0.29) is 30.8 Å². The number of aliphatic hydroxyl groups excluding tert-OH is 1. The van der Waals surface area contributed by atoms with Crippen LogP contribution >= 0.6 is 12.4 Å². The Hall–Kier alpha value is -1.14. The summed E-state index contributed by atoms with van der Waals surface area (Å²) < 4.78 is 0. The number of fused-ring (bicyclic) bond motifs is 1. The van der Waals surface area contributed by atoms with Gasteiger partial charge in [-0.1, -0.05) is 18.2 Å². The molecule has 0 bridgehead atoms. The fraction of sp³-hybridized carbons (Fsp3) is 0.562. The fourth-order valence-electron chi connectivity index (χ4n) is 3.51. The van der Waals surface area contributed by atoms with Gasteiger partial charge in [-0.2, -0.15) is 0 Å². The number of para-hydroxylation sites is 1. The van der Waals surface area contributed by atoms with Gasteiger partial charge < -0.3 is 20.4 Å². The van der Waals surface area contributed by atoms with Gasteiger partial charge in [0, 0.05) is 18.0 Å². The van der Waals surface area contributed by atoms with Crippen molar-refractivity contribution in [2.75, 3.05) is 18.0 Å². The van der Waals surface area contributed by atoms with Gasteiger partial charge in [-0.25, -0.2) is 0 Å². The average molecular weight is 327 g/mol. The predicted molar refractivity (Wildman–Crippen MR) is 87.3 cm³/mol. The third kappa shape index (κ3) is 2.74. The molecule has 1 saturated heterocycles. The van der Waals surface area contributed by atoms with Crippen LogP contribution in [0.3, 0.4) is 0 Å². The number of rotatable bonds is 3. The van der Waals surface area contributed by atoms with E-state index in [1.165, 1.54) is 0 Å². The second kappa shape index (κ2) is 6.54. The Morgan fingerprint density at radius 1 is 1.36 bits per heavy atom. The van der Waals surface area contributed by atoms with Gasteiger partial charge in [0.05, 0.1) is 11.8 Å². The second-order valence-corrected chi connectivity index (χ2v) is 6.09. The maximum Gasteiger partial charge on any atom is 0.264 e. The van der Waals surface area contributed by atoms with E-state index in [4.69, 9.17) is 0 Å². The standard InChI is InChI=1S/C16H22N2O3.ClH/c1-11(19)10-16(21)13-4-2-3-5-14(13)18(15(16)20)12-6-8-17-9-7-12;/h2-5,11-12,17,19,21H,6-10H2,1H3;1H. The molecule has 1 aromatic rings. The first-order chi connectivity index (χ1) is 10.0. The summed E-state index contributed by atoms with van der Waals surface area (Å²) >= 11 is 0. The number of hydrogen-bond donors (Lipinski definition) is 3. The van der Waals surface area contributed by atoms with Crippen LogP contribution in [-0.4, -0.2) is 41.4 Å². The lowest BCUT2D eigenvalue weighted by Gasteiger charge is -2.33. The molecule has 2 heterocycles. The first-order valence-electron chi connectivity index (χ1n) is 7.58. The highest BCUT2D eigenvalue weighted by Crippen LogP contribution is 2.44. The number of amides is 1. The summed E-state index contributed by atoms with van der Waals surface area (Å²) in [5.41, 5.74) is -0.192. The van der Waals surface area contributed by atoms with Gasteiger partial charge >= 0.3 is 0 Å². The number of carbonyl (C=O) groups is 1. The molecule has 1 aromatic carbocycles. The highest BCUT2D eigenvalue weighted by atomic mass is 35.5. The molecule has 0 radical (unpaired) electrons. The summed E-state index contributed by atoms with van der Waals surface area (Å²) in [7, 11) is 0. The molecule has 6 heteroatoms. The lowest BCUT2D eigenvalue weighted by molar-refractivity contribution is -0.139. The van der Waals surface area contributed by atoms with Crippen LogP contribution in [0.1, 0.15) is 31.7 Å². The molecule has 2 atom stereocenters. The van der Waals surface area contributed by atoms with Crippen LogP contribution in [0.15, 0.2) is 24.3 Å². The van der Waals surface area contributed by atoms with Gasteiger partial charge in [-0.15, -0.1) is 12.4 Å². The van der Waals surface area contributed by atoms with E-state index in [1.54, 1.807) is 17.9 Å². The third-order valence-corrected chi connectivity index (χ3v) is 4.45. The van der Waals surface area contributed by atoms with E-state index < -0.39 is 11.7 Å². The Morgan fingerprint density at radius 3 is 2.64 bits per heavy atom. The summed E-state index contributed by atoms with van der Waals surface area (Å²) in [4.78, 5) is 14.6. The molecule has 0 aromatic heterocycles. The van der Waals surface area contributed by atoms with Crippen molar-refractivity contribution in [3.8, 4) is 0 Å². The summed E-state index contributed by atoms with van der Waals surface area (Å²) in [6, 6.07) is 7.49. The third-order valence-electron chi connectivity index (χ3n) is 4.45. The number of halogens is 1. The minimum atomic E-state index is -1.60. The second-order valence-electron chi connectivity index (χ2n) is 6.09. The Morgan fingerprint density at radius 2 is 2.00 bits per heavy atom. The van der Waals surface area contributed by atoms with Gasteiger partial charge in [0.1, 0.15) is 0 Å². The van der Waals surface area contributed by atoms with Crippen molar-refractivity contribution in [2.24, 2.45) is 0 Å². The molecule has 122 valence electrons. The molecule has 2 aliphatic rings. The van der Waals surface area contributed by atoms with E-state index in [0.717, 1.165) is 31.6 Å². The first kappa shape index (κ1) is 17.2. The molecule has 3 N–H and O–H groups in total. The Labute approximate surface area is 136 Å². The number of anilines is 1. The van der Waals surface area contributed by atoms with Crippen LogP contribution < -0.4 is 10.2 Å². The first-order valence-corrected chi connectivity index (χ1v) is 7.58. The monoisotopic (exact) mass is 326 g/mol. The van der Waals surface area contributed by atoms with Crippen molar-refractivity contribution in [1.29, 1.82) is 0 Å². The topological polar surface area (TPSA) is 72.8 Å². The zero-order valence-corrected chi connectivity index (χ0v) is 13.5. The average Bonchev–Trinajstić information content (AvgIpc) is 2.68. The normalized spacial score (nSPS) is 26.5. The van der Waals surface area contributed by atoms with Crippen molar-refractivity contribution in [3.05, 3.63) is 29.8 Å². The minimum absolute atomic E-state index is 0. The van der Waals surface area contributed by atoms with E-state index in [2.05, 4.69) is 5.32 Å². The number of piperidine rings is 1. The molecule has 1 amide bonds. The van der Waals surface area contributed by atoms with Crippen molar-refractivity contribution >= 4 is 24.0 Å². The minimum Gasteiger partial charge on any atom is -0.393 e. The van der Waals surface area contributed by atoms with Crippen LogP contribution in [0.25, 0.3) is 0 Å². The zero-order chi connectivity index (χ0) is 15.0. The maximum absolute atomic E-state index is 12.9. The molecule has 0 saturated carbocycles. The van der Waals surface area contributed by atoms with Crippen LogP contribution in [0, 0.1) is 0 Å². The van der Waals surface area contributed by atoms with E-state index in [9.17, 15) is 15.0 Å². The SMILES string of the molecule is CC(O)CC1(O)C(=O)N(C2CCNCC2)c2ccccc21.Cl. The molecule has 2 unspecified atom stereocenters. The van der Waals surface area contributed by atoms with Crippen molar-refractivity contribution < 1.29 is 15.0 Å². The Bertz CT molecular complexity index is 546. The van der Waals surface area contributed by atoms with Crippen LogP contribution in [-0.2, 0) is 10.4 Å². The van der Waals surface area contributed by atoms with Crippen LogP contribution in [0.4, 0.5) is 5.69 Å². The summed E-state index contributed by atoms with van der Waals surface area (Å²) in [6.07, 6.45) is 1.06. The predicted octanol–water partition coefficient (Wildman–Crippen LogP) is 1.17. The lowest BCUT2D eigenvalue weighted by atomic mass is 9.90. The molecule has 2 aliphatic heterocycles. The number of benzene rings is 1. The molecule has 3 rings (SSSR count). The molecule has 22 heavy (non-hydrogen) atoms. The number of nitrogens with one attached hydrogen (secondary N) is 1. The van der Waals surface area contributed by atoms with Gasteiger partial charge in [0.2, 0.25) is 0 Å². The van der Waals surface area contributed by atoms with Crippen LogP contribution in [0.5, 0.6) is 0 Å². The quantitative estimate of drug-likeness (QED) is 0.779. The number of aliphatic hydroxyl groups is 2. The maximum atomic E-state index is 12.9. The summed E-state index contributed by atoms with van der Waals surface area (Å²) in [5.74, 6) is -0.295. The van der Waals surface area contributed by atoms with E-state index in [0.29, 0.717) is 5.56 Å². The zero-order valence-electron chi connectivity index (χ0n) is 12.7. The number of nitrogens with zero attached hydrogens (tertiary/aromatic N) is 1. The molecular formula is C16H23ClN2O3. The van der Waals surface area contributed by atoms with Crippen LogP contribution in [0.2, 0.25) is 0 Å². The highest BCUT2D eigenvalue weighted by molar-refractivity contribution is 6.07. The van der Waals surface area contributed by atoms with Gasteiger partial charge in [-0.3, -0.25) is 4.79 Å². The van der Waals surface area contributed by atoms with Gasteiger partial charge in [-0.05, 0) is 38.9 Å². The summed E-state index contributed by atoms with van der Waals surface area (Å²) in [6.45, 7) is 3.36. The largest absolute Gasteiger partial charge is 0.393 e. The van der Waals surface area contributed by atoms with Crippen molar-refractivity contribution in [2.45, 2.75) is 43.9 Å². The molecule has 1 fully saturated rings. The summed E-state index contributed by atoms with van der Waals surface area (Å²) in [5, 5.41) is 23.9. The number of hydrogen-bond acceptors (Lipinski definition) is 4. The molecule has 0 spiro atoms. The Balaban J connectivity index is 0.00000176. The molecule has 5 nitrogen and oxygen atoms in total. The lowest BCUT2D eigenvalue weighted by Crippen LogP contribution is -2.49.